The summed E-state index contributed by atoms with van der Waals surface area (Å²) >= 11 is 0. The van der Waals surface area contributed by atoms with Gasteiger partial charge in [0.05, 0.1) is 42.8 Å². The Morgan fingerprint density at radius 1 is 0.932 bits per heavy atom. The van der Waals surface area contributed by atoms with Gasteiger partial charge in [-0.05, 0) is 54.4 Å². The van der Waals surface area contributed by atoms with E-state index >= 15 is 0 Å². The lowest BCUT2D eigenvalue weighted by Gasteiger charge is -2.34. The minimum absolute atomic E-state index is 0.171. The van der Waals surface area contributed by atoms with Crippen molar-refractivity contribution in [2.45, 2.75) is 6.92 Å². The van der Waals surface area contributed by atoms with E-state index in [1.165, 1.54) is 7.11 Å². The molecule has 44 heavy (non-hydrogen) atoms. The van der Waals surface area contributed by atoms with Gasteiger partial charge in [0, 0.05) is 56.1 Å². The van der Waals surface area contributed by atoms with E-state index in [2.05, 4.69) is 25.9 Å². The van der Waals surface area contributed by atoms with Crippen molar-refractivity contribution in [3.8, 4) is 0 Å². The molecule has 0 saturated carbocycles. The molecule has 1 saturated heterocycles. The highest BCUT2D eigenvalue weighted by atomic mass is 16.7. The van der Waals surface area contributed by atoms with E-state index in [0.29, 0.717) is 64.6 Å². The van der Waals surface area contributed by atoms with Crippen LogP contribution in [-0.2, 0) is 14.4 Å². The van der Waals surface area contributed by atoms with Crippen LogP contribution in [-0.4, -0.2) is 92.3 Å². The third kappa shape index (κ3) is 7.14. The number of hydrogen-bond acceptors (Lipinski definition) is 9. The number of rotatable bonds is 11. The number of methoxy groups -OCH3 is 1. The van der Waals surface area contributed by atoms with Crippen molar-refractivity contribution < 1.29 is 29.1 Å². The maximum atomic E-state index is 13.3. The van der Waals surface area contributed by atoms with Gasteiger partial charge < -0.3 is 20.5 Å². The predicted molar refractivity (Wildman–Crippen MR) is 168 cm³/mol. The van der Waals surface area contributed by atoms with Crippen LogP contribution in [0.25, 0.3) is 11.3 Å². The zero-order valence-corrected chi connectivity index (χ0v) is 24.9. The number of nitrogens with zero attached hydrogens (tertiary/aromatic N) is 2. The van der Waals surface area contributed by atoms with Crippen molar-refractivity contribution in [3.05, 3.63) is 94.5 Å². The fourth-order valence-corrected chi connectivity index (χ4v) is 5.36. The summed E-state index contributed by atoms with van der Waals surface area (Å²) in [5.41, 5.74) is 7.72. The summed E-state index contributed by atoms with van der Waals surface area (Å²) in [7, 11) is 1.32. The topological polar surface area (TPSA) is 132 Å². The molecule has 0 bridgehead atoms. The molecule has 2 aliphatic rings. The number of esters is 1. The molecule has 4 N–H and O–H groups in total. The molecule has 3 aromatic carbocycles. The summed E-state index contributed by atoms with van der Waals surface area (Å²) in [5.74, 6) is -1.12. The molecular formula is C33H37N5O6. The Kier molecular flexibility index (Phi) is 10.0. The highest BCUT2D eigenvalue weighted by Gasteiger charge is 2.30. The number of nitrogens with one attached hydrogen (secondary N) is 3. The van der Waals surface area contributed by atoms with Gasteiger partial charge in [-0.3, -0.25) is 24.2 Å². The van der Waals surface area contributed by atoms with Crippen LogP contribution in [0.3, 0.4) is 0 Å². The number of benzene rings is 3. The number of anilines is 2. The zero-order chi connectivity index (χ0) is 31.1. The second-order valence-corrected chi connectivity index (χ2v) is 10.7. The summed E-state index contributed by atoms with van der Waals surface area (Å²) in [6.45, 7) is 7.34. The van der Waals surface area contributed by atoms with Gasteiger partial charge in [0.15, 0.2) is 0 Å². The first-order valence-corrected chi connectivity index (χ1v) is 14.6. The smallest absolute Gasteiger partial charge is 0.338 e. The van der Waals surface area contributed by atoms with Crippen LogP contribution in [0.5, 0.6) is 0 Å². The normalized spacial score (nSPS) is 16.2. The molecule has 0 aliphatic carbocycles. The van der Waals surface area contributed by atoms with E-state index in [-0.39, 0.29) is 18.4 Å². The number of hydrogen-bond donors (Lipinski definition) is 4. The summed E-state index contributed by atoms with van der Waals surface area (Å²) in [6.07, 6.45) is 0. The van der Waals surface area contributed by atoms with Crippen LogP contribution in [0.15, 0.2) is 66.7 Å². The highest BCUT2D eigenvalue weighted by Crippen LogP contribution is 2.39. The summed E-state index contributed by atoms with van der Waals surface area (Å²) in [4.78, 5) is 48.2. The molecule has 11 nitrogen and oxygen atoms in total. The molecule has 0 spiro atoms. The second kappa shape index (κ2) is 14.3. The molecule has 2 heterocycles. The van der Waals surface area contributed by atoms with Crippen molar-refractivity contribution in [1.29, 1.82) is 0 Å². The molecule has 1 fully saturated rings. The summed E-state index contributed by atoms with van der Waals surface area (Å²) < 4.78 is 4.89. The number of aliphatic hydroxyl groups excluding tert-OH is 1. The molecule has 11 heteroatoms. The van der Waals surface area contributed by atoms with Crippen molar-refractivity contribution in [1.82, 2.24) is 15.3 Å². The fourth-order valence-electron chi connectivity index (χ4n) is 5.36. The Balaban J connectivity index is 1.27. The minimum Gasteiger partial charge on any atom is -0.465 e. The minimum atomic E-state index is -0.471. The highest BCUT2D eigenvalue weighted by molar-refractivity contribution is 6.37. The van der Waals surface area contributed by atoms with Gasteiger partial charge in [0.1, 0.15) is 0 Å². The van der Waals surface area contributed by atoms with Crippen molar-refractivity contribution in [2.24, 2.45) is 0 Å². The first-order valence-electron chi connectivity index (χ1n) is 14.6. The second-order valence-electron chi connectivity index (χ2n) is 10.7. The standard InChI is InChI=1S/C33H37N5O6/c1-22-20-27-28(21-26(22)33(42)43-2)35-32(41)29(27)30(23-6-4-3-5-7-23)34-25-10-8-24(9-11-25)31(40)36-44-19-17-38-14-12-37(13-15-38)16-18-39/h3-11,20-21,34,39H,12-19H2,1-2H3,(H,35,41)(H,36,40)/b30-29-. The van der Waals surface area contributed by atoms with Gasteiger partial charge in [-0.1, -0.05) is 30.3 Å². The van der Waals surface area contributed by atoms with E-state index in [4.69, 9.17) is 14.7 Å². The third-order valence-corrected chi connectivity index (χ3v) is 7.80. The molecule has 0 aromatic heterocycles. The number of aliphatic hydroxyl groups is 1. The average molecular weight is 600 g/mol. The van der Waals surface area contributed by atoms with Crippen molar-refractivity contribution >= 4 is 40.4 Å². The lowest BCUT2D eigenvalue weighted by atomic mass is 9.96. The van der Waals surface area contributed by atoms with Gasteiger partial charge in [-0.15, -0.1) is 0 Å². The lowest BCUT2D eigenvalue weighted by molar-refractivity contribution is -0.110. The lowest BCUT2D eigenvalue weighted by Crippen LogP contribution is -2.48. The Labute approximate surface area is 256 Å². The number of ether oxygens (including phenoxy) is 1. The Morgan fingerprint density at radius 2 is 1.61 bits per heavy atom. The predicted octanol–water partition coefficient (Wildman–Crippen LogP) is 2.99. The molecule has 5 rings (SSSR count). The summed E-state index contributed by atoms with van der Waals surface area (Å²) in [5, 5.41) is 15.3. The first-order chi connectivity index (χ1) is 21.4. The largest absolute Gasteiger partial charge is 0.465 e. The zero-order valence-electron chi connectivity index (χ0n) is 24.9. The average Bonchev–Trinajstić information content (AvgIpc) is 3.36. The molecule has 0 atom stereocenters. The number of carbonyl (C=O) groups is 3. The number of carbonyl (C=O) groups excluding carboxylic acids is 3. The van der Waals surface area contributed by atoms with Crippen LogP contribution in [0, 0.1) is 6.92 Å². The number of aryl methyl sites for hydroxylation is 1. The van der Waals surface area contributed by atoms with Gasteiger partial charge in [0.2, 0.25) is 0 Å². The van der Waals surface area contributed by atoms with Crippen LogP contribution in [0.1, 0.15) is 37.4 Å². The van der Waals surface area contributed by atoms with Crippen LogP contribution in [0.2, 0.25) is 0 Å². The molecular weight excluding hydrogens is 562 g/mol. The number of piperazine rings is 1. The van der Waals surface area contributed by atoms with Gasteiger partial charge in [-0.25, -0.2) is 10.3 Å². The van der Waals surface area contributed by atoms with E-state index < -0.39 is 5.97 Å². The Bertz CT molecular complexity index is 1530. The maximum absolute atomic E-state index is 13.3. The Hall–Kier alpha value is -4.55. The van der Waals surface area contributed by atoms with Crippen LogP contribution in [0.4, 0.5) is 11.4 Å². The van der Waals surface area contributed by atoms with Crippen LogP contribution >= 0.6 is 0 Å². The molecule has 2 amide bonds. The van der Waals surface area contributed by atoms with E-state index in [0.717, 1.165) is 31.7 Å². The number of β-amino-alcohol motifs (C(OH)–C–C–N with tert-alkyl or cyclic N) is 1. The number of fused-ring (bicyclic) bond motifs is 1. The third-order valence-electron chi connectivity index (χ3n) is 7.80. The van der Waals surface area contributed by atoms with Crippen molar-refractivity contribution in [2.75, 3.05) is 70.2 Å². The van der Waals surface area contributed by atoms with Crippen LogP contribution < -0.4 is 16.1 Å². The van der Waals surface area contributed by atoms with Gasteiger partial charge in [-0.2, -0.15) is 0 Å². The molecule has 2 aliphatic heterocycles. The number of amides is 2. The monoisotopic (exact) mass is 599 g/mol. The Morgan fingerprint density at radius 3 is 2.27 bits per heavy atom. The first kappa shape index (κ1) is 30.9. The van der Waals surface area contributed by atoms with E-state index in [1.807, 2.05) is 36.4 Å². The fraction of sp³-hybridized carbons (Fsp3) is 0.303. The molecule has 0 unspecified atom stereocenters. The van der Waals surface area contributed by atoms with E-state index in [1.54, 1.807) is 37.3 Å². The molecule has 3 aromatic rings. The molecule has 230 valence electrons. The van der Waals surface area contributed by atoms with E-state index in [9.17, 15) is 14.4 Å². The SMILES string of the molecule is COC(=O)c1cc2c(cc1C)/C(=C(/Nc1ccc(C(=O)NOCCN3CCN(CCO)CC3)cc1)c1ccccc1)C(=O)N2. The maximum Gasteiger partial charge on any atom is 0.338 e. The van der Waals surface area contributed by atoms with Gasteiger partial charge in [0.25, 0.3) is 11.8 Å². The molecule has 0 radical (unpaired) electrons. The summed E-state index contributed by atoms with van der Waals surface area (Å²) in [6, 6.07) is 19.8. The van der Waals surface area contributed by atoms with Gasteiger partial charge >= 0.3 is 5.97 Å². The number of hydroxylamine groups is 1. The van der Waals surface area contributed by atoms with Crippen molar-refractivity contribution in [3.63, 3.8) is 0 Å². The quantitative estimate of drug-likeness (QED) is 0.114.